The quantitative estimate of drug-likeness (QED) is 0.811. The first kappa shape index (κ1) is 15.9. The van der Waals surface area contributed by atoms with Crippen LogP contribution in [0.5, 0.6) is 0 Å². The molecule has 23 heavy (non-hydrogen) atoms. The highest BCUT2D eigenvalue weighted by atomic mass is 16.6. The minimum Gasteiger partial charge on any atom is -0.444 e. The highest BCUT2D eigenvalue weighted by Gasteiger charge is 2.31. The Labute approximate surface area is 136 Å². The molecule has 2 aromatic rings. The van der Waals surface area contributed by atoms with Crippen LogP contribution in [0.15, 0.2) is 30.5 Å². The van der Waals surface area contributed by atoms with E-state index in [0.717, 1.165) is 19.4 Å². The van der Waals surface area contributed by atoms with Crippen LogP contribution in [-0.4, -0.2) is 28.8 Å². The Balaban J connectivity index is 1.43. The van der Waals surface area contributed by atoms with Crippen LogP contribution >= 0.6 is 0 Å². The number of benzene rings is 1. The fourth-order valence-electron chi connectivity index (χ4n) is 2.93. The maximum atomic E-state index is 11.7. The highest BCUT2D eigenvalue weighted by molar-refractivity contribution is 5.82. The summed E-state index contributed by atoms with van der Waals surface area (Å²) in [5.41, 5.74) is 2.03. The van der Waals surface area contributed by atoms with E-state index in [9.17, 15) is 4.79 Å². The number of nitrogens with one attached hydrogen (secondary N) is 3. The summed E-state index contributed by atoms with van der Waals surface area (Å²) in [6, 6.07) is 9.08. The van der Waals surface area contributed by atoms with Gasteiger partial charge in [-0.1, -0.05) is 18.2 Å². The van der Waals surface area contributed by atoms with Crippen molar-refractivity contribution in [2.45, 2.75) is 57.8 Å². The summed E-state index contributed by atoms with van der Waals surface area (Å²) in [6.45, 7) is 6.46. The summed E-state index contributed by atoms with van der Waals surface area (Å²) in [4.78, 5) is 15.0. The summed E-state index contributed by atoms with van der Waals surface area (Å²) in [5.74, 6) is 0. The third-order valence-electron chi connectivity index (χ3n) is 4.11. The second-order valence-electron chi connectivity index (χ2n) is 7.25. The molecule has 124 valence electrons. The van der Waals surface area contributed by atoms with E-state index in [1.807, 2.05) is 27.0 Å². The molecule has 3 N–H and O–H groups in total. The summed E-state index contributed by atoms with van der Waals surface area (Å²) < 4.78 is 5.27. The van der Waals surface area contributed by atoms with Crippen molar-refractivity contribution in [1.82, 2.24) is 15.6 Å². The molecule has 1 aliphatic carbocycles. The number of aromatic amines is 1. The summed E-state index contributed by atoms with van der Waals surface area (Å²) in [7, 11) is 0. The number of hydrogen-bond acceptors (Lipinski definition) is 3. The fourth-order valence-corrected chi connectivity index (χ4v) is 2.93. The van der Waals surface area contributed by atoms with Gasteiger partial charge in [0.05, 0.1) is 0 Å². The van der Waals surface area contributed by atoms with E-state index in [-0.39, 0.29) is 12.1 Å². The van der Waals surface area contributed by atoms with Crippen LogP contribution in [0, 0.1) is 0 Å². The van der Waals surface area contributed by atoms with E-state index < -0.39 is 5.60 Å². The van der Waals surface area contributed by atoms with Gasteiger partial charge >= 0.3 is 6.09 Å². The van der Waals surface area contributed by atoms with Gasteiger partial charge in [-0.15, -0.1) is 0 Å². The molecule has 3 rings (SSSR count). The van der Waals surface area contributed by atoms with Crippen LogP contribution in [0.4, 0.5) is 4.79 Å². The van der Waals surface area contributed by atoms with Gasteiger partial charge in [-0.2, -0.15) is 0 Å². The van der Waals surface area contributed by atoms with Gasteiger partial charge < -0.3 is 20.4 Å². The molecule has 1 heterocycles. The molecule has 0 spiro atoms. The molecule has 0 radical (unpaired) electrons. The third-order valence-corrected chi connectivity index (χ3v) is 4.11. The number of rotatable bonds is 4. The Kier molecular flexibility index (Phi) is 4.31. The lowest BCUT2D eigenvalue weighted by Crippen LogP contribution is -2.52. The van der Waals surface area contributed by atoms with Gasteiger partial charge in [-0.25, -0.2) is 4.79 Å². The number of amides is 1. The van der Waals surface area contributed by atoms with Gasteiger partial charge in [-0.05, 0) is 50.6 Å². The second kappa shape index (κ2) is 6.24. The van der Waals surface area contributed by atoms with Crippen molar-refractivity contribution < 1.29 is 9.53 Å². The van der Waals surface area contributed by atoms with Gasteiger partial charge in [0.2, 0.25) is 0 Å². The lowest BCUT2D eigenvalue weighted by molar-refractivity contribution is 0.0465. The zero-order valence-corrected chi connectivity index (χ0v) is 14.0. The van der Waals surface area contributed by atoms with Gasteiger partial charge in [0.1, 0.15) is 5.60 Å². The number of aromatic nitrogens is 1. The molecule has 0 bridgehead atoms. The minimum atomic E-state index is -0.444. The first-order valence-corrected chi connectivity index (χ1v) is 8.18. The standard InChI is InChI=1S/C18H25N3O2/c1-18(2,3)23-17(22)21-15-9-14(10-15)20-11-13-6-4-5-12-7-8-19-16(12)13/h4-8,14-15,19-20H,9-11H2,1-3H3,(H,21,22). The van der Waals surface area contributed by atoms with E-state index in [0.29, 0.717) is 6.04 Å². The largest absolute Gasteiger partial charge is 0.444 e. The number of hydrogen-bond donors (Lipinski definition) is 3. The Morgan fingerprint density at radius 2 is 2.04 bits per heavy atom. The summed E-state index contributed by atoms with van der Waals surface area (Å²) in [6.07, 6.45) is 3.54. The molecule has 1 amide bonds. The van der Waals surface area contributed by atoms with Crippen molar-refractivity contribution in [3.8, 4) is 0 Å². The summed E-state index contributed by atoms with van der Waals surface area (Å²) in [5, 5.41) is 7.71. The van der Waals surface area contributed by atoms with Crippen LogP contribution in [-0.2, 0) is 11.3 Å². The number of fused-ring (bicyclic) bond motifs is 1. The van der Waals surface area contributed by atoms with Crippen LogP contribution in [0.25, 0.3) is 10.9 Å². The Morgan fingerprint density at radius 3 is 2.78 bits per heavy atom. The predicted molar refractivity (Wildman–Crippen MR) is 91.3 cm³/mol. The average molecular weight is 315 g/mol. The maximum absolute atomic E-state index is 11.7. The van der Waals surface area contributed by atoms with Crippen LogP contribution in [0.3, 0.4) is 0 Å². The third kappa shape index (κ3) is 4.05. The number of para-hydroxylation sites is 1. The van der Waals surface area contributed by atoms with E-state index in [1.165, 1.54) is 16.5 Å². The van der Waals surface area contributed by atoms with Crippen molar-refractivity contribution in [2.24, 2.45) is 0 Å². The minimum absolute atomic E-state index is 0.212. The molecule has 1 aliphatic rings. The molecule has 0 unspecified atom stereocenters. The van der Waals surface area contributed by atoms with Crippen molar-refractivity contribution in [3.05, 3.63) is 36.0 Å². The molecular formula is C18H25N3O2. The molecule has 0 saturated heterocycles. The van der Waals surface area contributed by atoms with Crippen molar-refractivity contribution in [3.63, 3.8) is 0 Å². The number of H-pyrrole nitrogens is 1. The molecular weight excluding hydrogens is 290 g/mol. The molecule has 0 aliphatic heterocycles. The van der Waals surface area contributed by atoms with E-state index in [1.54, 1.807) is 0 Å². The molecule has 0 atom stereocenters. The molecule has 1 fully saturated rings. The van der Waals surface area contributed by atoms with Gasteiger partial charge in [0.15, 0.2) is 0 Å². The van der Waals surface area contributed by atoms with Crippen LogP contribution in [0.1, 0.15) is 39.2 Å². The SMILES string of the molecule is CC(C)(C)OC(=O)NC1CC(NCc2cccc3cc[nH]c23)C1. The molecule has 1 saturated carbocycles. The number of carbonyl (C=O) groups excluding carboxylic acids is 1. The van der Waals surface area contributed by atoms with Crippen molar-refractivity contribution in [1.29, 1.82) is 0 Å². The van der Waals surface area contributed by atoms with Gasteiger partial charge in [0, 0.05) is 30.3 Å². The van der Waals surface area contributed by atoms with E-state index in [4.69, 9.17) is 4.74 Å². The normalized spacial score (nSPS) is 21.0. The van der Waals surface area contributed by atoms with E-state index >= 15 is 0 Å². The number of carbonyl (C=O) groups is 1. The molecule has 5 nitrogen and oxygen atoms in total. The van der Waals surface area contributed by atoms with Crippen molar-refractivity contribution in [2.75, 3.05) is 0 Å². The Bertz CT molecular complexity index is 681. The molecule has 1 aromatic carbocycles. The van der Waals surface area contributed by atoms with E-state index in [2.05, 4.69) is 39.9 Å². The number of alkyl carbamates (subject to hydrolysis) is 1. The Hall–Kier alpha value is -2.01. The first-order valence-electron chi connectivity index (χ1n) is 8.18. The van der Waals surface area contributed by atoms with Gasteiger partial charge in [0.25, 0.3) is 0 Å². The highest BCUT2D eigenvalue weighted by Crippen LogP contribution is 2.22. The predicted octanol–water partition coefficient (Wildman–Crippen LogP) is 3.31. The zero-order chi connectivity index (χ0) is 16.4. The zero-order valence-electron chi connectivity index (χ0n) is 14.0. The number of ether oxygens (including phenoxy) is 1. The lowest BCUT2D eigenvalue weighted by Gasteiger charge is -2.36. The first-order chi connectivity index (χ1) is 10.9. The fraction of sp³-hybridized carbons (Fsp3) is 0.500. The lowest BCUT2D eigenvalue weighted by atomic mass is 9.86. The second-order valence-corrected chi connectivity index (χ2v) is 7.25. The molecule has 1 aromatic heterocycles. The molecule has 5 heteroatoms. The average Bonchev–Trinajstić information content (AvgIpc) is 2.88. The van der Waals surface area contributed by atoms with Crippen molar-refractivity contribution >= 4 is 17.0 Å². The summed E-state index contributed by atoms with van der Waals surface area (Å²) >= 11 is 0. The van der Waals surface area contributed by atoms with Crippen LogP contribution < -0.4 is 10.6 Å². The monoisotopic (exact) mass is 315 g/mol. The topological polar surface area (TPSA) is 66.2 Å². The smallest absolute Gasteiger partial charge is 0.407 e. The van der Waals surface area contributed by atoms with Gasteiger partial charge in [-0.3, -0.25) is 0 Å². The maximum Gasteiger partial charge on any atom is 0.407 e. The van der Waals surface area contributed by atoms with Crippen LogP contribution in [0.2, 0.25) is 0 Å². The Morgan fingerprint density at radius 1 is 1.26 bits per heavy atom.